The molecular weight excluding hydrogens is 997 g/mol. The van der Waals surface area contributed by atoms with E-state index in [9.17, 15) is 14.4 Å². The second-order valence-electron chi connectivity index (χ2n) is 24.5. The first-order valence-electron chi connectivity index (χ1n) is 36.1. The second-order valence-corrected chi connectivity index (χ2v) is 24.5. The van der Waals surface area contributed by atoms with Gasteiger partial charge < -0.3 is 14.2 Å². The van der Waals surface area contributed by atoms with Gasteiger partial charge in [0.1, 0.15) is 13.2 Å². The maximum absolute atomic E-state index is 13.0. The van der Waals surface area contributed by atoms with Crippen molar-refractivity contribution in [2.45, 2.75) is 399 Å². The predicted octanol–water partition coefficient (Wildman–Crippen LogP) is 24.9. The van der Waals surface area contributed by atoms with Gasteiger partial charge in [-0.25, -0.2) is 0 Å². The Bertz CT molecular complexity index is 1400. The molecule has 474 valence electrons. The quantitative estimate of drug-likeness (QED) is 0.0261. The standard InChI is InChI=1S/C75H138O6/c1-4-7-10-13-16-19-22-25-28-31-34-35-36-37-38-39-40-41-42-45-47-50-53-56-59-62-65-68-74(77)80-71-72(81-75(78)69-66-63-60-57-54-51-48-44-33-30-27-24-21-18-15-12-9-6-3)70-79-73(76)67-64-61-58-55-52-49-46-43-32-29-26-23-20-17-14-11-8-5-2/h22,25,29-34,72H,4-21,23-24,26-28,35-71H2,1-3H3/b25-22-,32-29-,33-30-,34-31-. The lowest BCUT2D eigenvalue weighted by Gasteiger charge is -2.18. The van der Waals surface area contributed by atoms with Crippen molar-refractivity contribution in [2.75, 3.05) is 13.2 Å². The van der Waals surface area contributed by atoms with Gasteiger partial charge in [0.2, 0.25) is 0 Å². The first-order chi connectivity index (χ1) is 40.0. The Morgan fingerprint density at radius 1 is 0.247 bits per heavy atom. The number of allylic oxidation sites excluding steroid dienone is 8. The van der Waals surface area contributed by atoms with Crippen molar-refractivity contribution in [1.82, 2.24) is 0 Å². The maximum atomic E-state index is 13.0. The Morgan fingerprint density at radius 2 is 0.444 bits per heavy atom. The van der Waals surface area contributed by atoms with E-state index in [0.29, 0.717) is 19.3 Å². The molecule has 0 aromatic carbocycles. The summed E-state index contributed by atoms with van der Waals surface area (Å²) in [5.41, 5.74) is 0. The normalized spacial score (nSPS) is 12.3. The summed E-state index contributed by atoms with van der Waals surface area (Å²) in [4.78, 5) is 38.5. The Labute approximate surface area is 505 Å². The van der Waals surface area contributed by atoms with E-state index in [0.717, 1.165) is 64.2 Å². The molecular formula is C75H138O6. The average Bonchev–Trinajstić information content (AvgIpc) is 3.47. The Hall–Kier alpha value is -2.63. The summed E-state index contributed by atoms with van der Waals surface area (Å²) >= 11 is 0. The zero-order valence-corrected chi connectivity index (χ0v) is 54.6. The van der Waals surface area contributed by atoms with Crippen LogP contribution in [0.4, 0.5) is 0 Å². The first-order valence-corrected chi connectivity index (χ1v) is 36.1. The first kappa shape index (κ1) is 78.4. The van der Waals surface area contributed by atoms with E-state index >= 15 is 0 Å². The van der Waals surface area contributed by atoms with Crippen LogP contribution < -0.4 is 0 Å². The molecule has 0 aliphatic heterocycles. The summed E-state index contributed by atoms with van der Waals surface area (Å²) in [5, 5.41) is 0. The molecule has 0 N–H and O–H groups in total. The van der Waals surface area contributed by atoms with E-state index in [1.807, 2.05) is 0 Å². The molecule has 0 aliphatic rings. The smallest absolute Gasteiger partial charge is 0.306 e. The van der Waals surface area contributed by atoms with Gasteiger partial charge in [0, 0.05) is 19.3 Å². The molecule has 0 aliphatic carbocycles. The molecule has 6 nitrogen and oxygen atoms in total. The van der Waals surface area contributed by atoms with Crippen LogP contribution in [0.2, 0.25) is 0 Å². The molecule has 0 heterocycles. The highest BCUT2D eigenvalue weighted by molar-refractivity contribution is 5.71. The molecule has 0 saturated carbocycles. The summed E-state index contributed by atoms with van der Waals surface area (Å²) in [6.45, 7) is 6.69. The van der Waals surface area contributed by atoms with Crippen LogP contribution in [0.1, 0.15) is 393 Å². The molecule has 1 atom stereocenters. The monoisotopic (exact) mass is 1140 g/mol. The predicted molar refractivity (Wildman–Crippen MR) is 353 cm³/mol. The largest absolute Gasteiger partial charge is 0.462 e. The molecule has 0 fully saturated rings. The van der Waals surface area contributed by atoms with Crippen LogP contribution in [0.5, 0.6) is 0 Å². The zero-order chi connectivity index (χ0) is 58.5. The lowest BCUT2D eigenvalue weighted by atomic mass is 10.0. The van der Waals surface area contributed by atoms with Gasteiger partial charge in [-0.15, -0.1) is 0 Å². The van der Waals surface area contributed by atoms with Crippen molar-refractivity contribution in [3.63, 3.8) is 0 Å². The fourth-order valence-electron chi connectivity index (χ4n) is 10.8. The summed E-state index contributed by atoms with van der Waals surface area (Å²) in [7, 11) is 0. The number of unbranched alkanes of at least 4 members (excludes halogenated alkanes) is 48. The molecule has 0 aromatic heterocycles. The van der Waals surface area contributed by atoms with Gasteiger partial charge >= 0.3 is 17.9 Å². The van der Waals surface area contributed by atoms with Crippen LogP contribution in [0.25, 0.3) is 0 Å². The van der Waals surface area contributed by atoms with Crippen LogP contribution in [-0.4, -0.2) is 37.2 Å². The summed E-state index contributed by atoms with van der Waals surface area (Å²) in [5.74, 6) is -0.855. The van der Waals surface area contributed by atoms with E-state index in [2.05, 4.69) is 69.4 Å². The average molecular weight is 1140 g/mol. The highest BCUT2D eigenvalue weighted by Crippen LogP contribution is 2.18. The minimum atomic E-state index is -0.778. The lowest BCUT2D eigenvalue weighted by molar-refractivity contribution is -0.167. The van der Waals surface area contributed by atoms with E-state index in [4.69, 9.17) is 14.2 Å². The van der Waals surface area contributed by atoms with Crippen LogP contribution in [0.3, 0.4) is 0 Å². The van der Waals surface area contributed by atoms with E-state index in [1.54, 1.807) is 0 Å². The SMILES string of the molecule is CCCCCCC/C=C\C/C=C\CCCCCCCCCCCCCCCCCC(=O)OCC(COC(=O)CCCCCCCCC/C=C\CCCCCCCCC)OC(=O)CCCCCCCCC/C=C\CCCCCCCCC. The molecule has 0 spiro atoms. The molecule has 0 aromatic rings. The van der Waals surface area contributed by atoms with Crippen LogP contribution in [0.15, 0.2) is 48.6 Å². The van der Waals surface area contributed by atoms with E-state index < -0.39 is 6.10 Å². The third-order valence-electron chi connectivity index (χ3n) is 16.3. The van der Waals surface area contributed by atoms with Gasteiger partial charge in [-0.1, -0.05) is 320 Å². The Morgan fingerprint density at radius 3 is 0.691 bits per heavy atom. The molecule has 0 bridgehead atoms. The van der Waals surface area contributed by atoms with Crippen LogP contribution in [-0.2, 0) is 28.6 Å². The summed E-state index contributed by atoms with van der Waals surface area (Å²) in [6.07, 6.45) is 88.5. The van der Waals surface area contributed by atoms with Crippen LogP contribution in [0, 0.1) is 0 Å². The van der Waals surface area contributed by atoms with Gasteiger partial charge in [0.15, 0.2) is 6.10 Å². The van der Waals surface area contributed by atoms with Crippen molar-refractivity contribution in [2.24, 2.45) is 0 Å². The van der Waals surface area contributed by atoms with Crippen molar-refractivity contribution < 1.29 is 28.6 Å². The number of hydrogen-bond donors (Lipinski definition) is 0. The third-order valence-corrected chi connectivity index (χ3v) is 16.3. The van der Waals surface area contributed by atoms with Gasteiger partial charge in [-0.05, 0) is 103 Å². The number of hydrogen-bond acceptors (Lipinski definition) is 6. The van der Waals surface area contributed by atoms with Crippen molar-refractivity contribution in [3.05, 3.63) is 48.6 Å². The maximum Gasteiger partial charge on any atom is 0.306 e. The molecule has 0 amide bonds. The highest BCUT2D eigenvalue weighted by Gasteiger charge is 2.19. The number of ether oxygens (including phenoxy) is 3. The summed E-state index contributed by atoms with van der Waals surface area (Å²) in [6, 6.07) is 0. The van der Waals surface area contributed by atoms with E-state index in [-0.39, 0.29) is 31.1 Å². The van der Waals surface area contributed by atoms with Gasteiger partial charge in [0.05, 0.1) is 0 Å². The van der Waals surface area contributed by atoms with Gasteiger partial charge in [-0.3, -0.25) is 14.4 Å². The third kappa shape index (κ3) is 68.0. The number of rotatable bonds is 67. The molecule has 81 heavy (non-hydrogen) atoms. The number of carbonyl (C=O) groups is 3. The lowest BCUT2D eigenvalue weighted by Crippen LogP contribution is -2.30. The topological polar surface area (TPSA) is 78.9 Å². The molecule has 1 unspecified atom stereocenters. The zero-order valence-electron chi connectivity index (χ0n) is 54.6. The number of carbonyl (C=O) groups excluding carboxylic acids is 3. The van der Waals surface area contributed by atoms with E-state index in [1.165, 1.54) is 289 Å². The van der Waals surface area contributed by atoms with Crippen molar-refractivity contribution >= 4 is 17.9 Å². The fourth-order valence-corrected chi connectivity index (χ4v) is 10.8. The molecule has 6 heteroatoms. The minimum absolute atomic E-state index is 0.0726. The van der Waals surface area contributed by atoms with Gasteiger partial charge in [0.25, 0.3) is 0 Å². The number of esters is 3. The van der Waals surface area contributed by atoms with Crippen molar-refractivity contribution in [1.29, 1.82) is 0 Å². The minimum Gasteiger partial charge on any atom is -0.462 e. The second kappa shape index (κ2) is 69.9. The Balaban J connectivity index is 4.28. The van der Waals surface area contributed by atoms with Gasteiger partial charge in [-0.2, -0.15) is 0 Å². The Kier molecular flexibility index (Phi) is 67.6. The van der Waals surface area contributed by atoms with Crippen LogP contribution >= 0.6 is 0 Å². The molecule has 0 radical (unpaired) electrons. The molecule has 0 rings (SSSR count). The summed E-state index contributed by atoms with van der Waals surface area (Å²) < 4.78 is 17.0. The molecule has 0 saturated heterocycles. The highest BCUT2D eigenvalue weighted by atomic mass is 16.6. The fraction of sp³-hybridized carbons (Fsp3) is 0.853. The van der Waals surface area contributed by atoms with Crippen molar-refractivity contribution in [3.8, 4) is 0 Å².